The van der Waals surface area contributed by atoms with Gasteiger partial charge in [-0.3, -0.25) is 0 Å². The minimum absolute atomic E-state index is 0.0460. The number of sulfonamides is 1. The van der Waals surface area contributed by atoms with E-state index in [1.807, 2.05) is 49.4 Å². The standard InChI is InChI=1S/C14H12N2O2S2/c1-9-7-8-11-13(16-14(19-11)20(15,17)18)12(9)10-5-3-2-4-6-10/h2-8H,1H3,(H2,15,17,18). The first-order chi connectivity index (χ1) is 9.47. The number of thiazole rings is 1. The van der Waals surface area contributed by atoms with E-state index in [1.54, 1.807) is 0 Å². The summed E-state index contributed by atoms with van der Waals surface area (Å²) in [5, 5.41) is 5.17. The number of hydrogen-bond donors (Lipinski definition) is 1. The molecule has 1 aromatic heterocycles. The number of nitrogens with zero attached hydrogens (tertiary/aromatic N) is 1. The number of rotatable bonds is 2. The summed E-state index contributed by atoms with van der Waals surface area (Å²) in [7, 11) is -3.77. The van der Waals surface area contributed by atoms with Crippen LogP contribution in [0.5, 0.6) is 0 Å². The molecule has 0 saturated heterocycles. The third-order valence-corrected chi connectivity index (χ3v) is 5.40. The Labute approximate surface area is 120 Å². The van der Waals surface area contributed by atoms with Gasteiger partial charge in [-0.05, 0) is 24.1 Å². The molecule has 4 nitrogen and oxygen atoms in total. The smallest absolute Gasteiger partial charge is 0.223 e. The quantitative estimate of drug-likeness (QED) is 0.791. The minimum Gasteiger partial charge on any atom is -0.223 e. The highest BCUT2D eigenvalue weighted by Gasteiger charge is 2.18. The summed E-state index contributed by atoms with van der Waals surface area (Å²) >= 11 is 1.10. The van der Waals surface area contributed by atoms with Crippen molar-refractivity contribution in [3.63, 3.8) is 0 Å². The lowest BCUT2D eigenvalue weighted by molar-refractivity contribution is 0.597. The van der Waals surface area contributed by atoms with Crippen LogP contribution in [0, 0.1) is 6.92 Å². The Morgan fingerprint density at radius 2 is 1.80 bits per heavy atom. The molecule has 3 rings (SSSR count). The van der Waals surface area contributed by atoms with Crippen LogP contribution in [-0.2, 0) is 10.0 Å². The maximum Gasteiger partial charge on any atom is 0.265 e. The van der Waals surface area contributed by atoms with E-state index in [-0.39, 0.29) is 4.34 Å². The second-order valence-corrected chi connectivity index (χ2v) is 7.26. The highest BCUT2D eigenvalue weighted by atomic mass is 32.2. The summed E-state index contributed by atoms with van der Waals surface area (Å²) < 4.78 is 23.7. The van der Waals surface area contributed by atoms with Gasteiger partial charge in [0.15, 0.2) is 0 Å². The third kappa shape index (κ3) is 2.22. The molecule has 0 aliphatic rings. The fourth-order valence-corrected chi connectivity index (χ4v) is 3.82. The number of benzene rings is 2. The first-order valence-electron chi connectivity index (χ1n) is 5.95. The molecule has 1 heterocycles. The topological polar surface area (TPSA) is 73.1 Å². The predicted molar refractivity (Wildman–Crippen MR) is 81.2 cm³/mol. The molecule has 0 spiro atoms. The molecule has 0 fully saturated rings. The Morgan fingerprint density at radius 1 is 1.10 bits per heavy atom. The van der Waals surface area contributed by atoms with Gasteiger partial charge in [-0.1, -0.05) is 36.4 Å². The number of aromatic nitrogens is 1. The van der Waals surface area contributed by atoms with E-state index in [0.717, 1.165) is 32.7 Å². The summed E-state index contributed by atoms with van der Waals surface area (Å²) in [4.78, 5) is 4.23. The molecule has 20 heavy (non-hydrogen) atoms. The lowest BCUT2D eigenvalue weighted by Gasteiger charge is -2.06. The summed E-state index contributed by atoms with van der Waals surface area (Å²) in [6.45, 7) is 1.98. The Balaban J connectivity index is 2.37. The van der Waals surface area contributed by atoms with Crippen LogP contribution in [0.15, 0.2) is 46.8 Å². The SMILES string of the molecule is Cc1ccc2sc(S(N)(=O)=O)nc2c1-c1ccccc1. The van der Waals surface area contributed by atoms with Gasteiger partial charge < -0.3 is 0 Å². The van der Waals surface area contributed by atoms with Crippen molar-refractivity contribution in [1.82, 2.24) is 4.98 Å². The van der Waals surface area contributed by atoms with E-state index in [4.69, 9.17) is 5.14 Å². The van der Waals surface area contributed by atoms with Gasteiger partial charge >= 0.3 is 0 Å². The van der Waals surface area contributed by atoms with Crippen molar-refractivity contribution in [3.05, 3.63) is 48.0 Å². The van der Waals surface area contributed by atoms with Gasteiger partial charge in [0.05, 0.1) is 10.2 Å². The van der Waals surface area contributed by atoms with Crippen molar-refractivity contribution in [3.8, 4) is 11.1 Å². The van der Waals surface area contributed by atoms with Gasteiger partial charge in [0.2, 0.25) is 4.34 Å². The third-order valence-electron chi connectivity index (χ3n) is 3.06. The van der Waals surface area contributed by atoms with Crippen LogP contribution >= 0.6 is 11.3 Å². The van der Waals surface area contributed by atoms with E-state index >= 15 is 0 Å². The summed E-state index contributed by atoms with van der Waals surface area (Å²) in [5.74, 6) is 0. The molecule has 2 N–H and O–H groups in total. The fraction of sp³-hybridized carbons (Fsp3) is 0.0714. The average Bonchev–Trinajstić information content (AvgIpc) is 2.83. The molecule has 6 heteroatoms. The van der Waals surface area contributed by atoms with Gasteiger partial charge in [-0.2, -0.15) is 0 Å². The molecule has 0 bridgehead atoms. The van der Waals surface area contributed by atoms with Crippen molar-refractivity contribution in [2.45, 2.75) is 11.3 Å². The molecule has 0 aliphatic heterocycles. The van der Waals surface area contributed by atoms with Gasteiger partial charge in [0, 0.05) is 5.56 Å². The maximum atomic E-state index is 11.5. The number of nitrogens with two attached hydrogens (primary N) is 1. The highest BCUT2D eigenvalue weighted by molar-refractivity contribution is 7.91. The normalized spacial score (nSPS) is 11.9. The zero-order chi connectivity index (χ0) is 14.3. The highest BCUT2D eigenvalue weighted by Crippen LogP contribution is 2.35. The van der Waals surface area contributed by atoms with E-state index in [1.165, 1.54) is 0 Å². The van der Waals surface area contributed by atoms with Crippen LogP contribution in [0.1, 0.15) is 5.56 Å². The van der Waals surface area contributed by atoms with Crippen LogP contribution in [0.4, 0.5) is 0 Å². The van der Waals surface area contributed by atoms with Crippen molar-refractivity contribution >= 4 is 31.6 Å². The molecule has 2 aromatic carbocycles. The summed E-state index contributed by atoms with van der Waals surface area (Å²) in [6, 6.07) is 13.6. The van der Waals surface area contributed by atoms with Crippen LogP contribution < -0.4 is 5.14 Å². The van der Waals surface area contributed by atoms with Crippen molar-refractivity contribution in [2.75, 3.05) is 0 Å². The first-order valence-corrected chi connectivity index (χ1v) is 8.31. The lowest BCUT2D eigenvalue weighted by Crippen LogP contribution is -2.11. The van der Waals surface area contributed by atoms with Gasteiger partial charge in [0.25, 0.3) is 10.0 Å². The van der Waals surface area contributed by atoms with Crippen molar-refractivity contribution < 1.29 is 8.42 Å². The fourth-order valence-electron chi connectivity index (χ4n) is 2.17. The molecule has 0 aliphatic carbocycles. The molecular weight excluding hydrogens is 292 g/mol. The summed E-state index contributed by atoms with van der Waals surface area (Å²) in [5.41, 5.74) is 3.70. The molecule has 0 radical (unpaired) electrons. The van der Waals surface area contributed by atoms with Crippen LogP contribution in [-0.4, -0.2) is 13.4 Å². The zero-order valence-electron chi connectivity index (χ0n) is 10.7. The van der Waals surface area contributed by atoms with Gasteiger partial charge in [-0.15, -0.1) is 11.3 Å². The Kier molecular flexibility index (Phi) is 3.08. The van der Waals surface area contributed by atoms with Crippen LogP contribution in [0.2, 0.25) is 0 Å². The number of primary sulfonamides is 1. The van der Waals surface area contributed by atoms with E-state index < -0.39 is 10.0 Å². The maximum absolute atomic E-state index is 11.5. The molecule has 0 saturated carbocycles. The van der Waals surface area contributed by atoms with Crippen LogP contribution in [0.3, 0.4) is 0 Å². The molecule has 0 unspecified atom stereocenters. The predicted octanol–water partition coefficient (Wildman–Crippen LogP) is 2.92. The molecular formula is C14H12N2O2S2. The lowest BCUT2D eigenvalue weighted by atomic mass is 9.99. The van der Waals surface area contributed by atoms with E-state index in [9.17, 15) is 8.42 Å². The van der Waals surface area contributed by atoms with Crippen molar-refractivity contribution in [1.29, 1.82) is 0 Å². The van der Waals surface area contributed by atoms with Crippen molar-refractivity contribution in [2.24, 2.45) is 5.14 Å². The Bertz CT molecular complexity index is 884. The van der Waals surface area contributed by atoms with E-state index in [0.29, 0.717) is 5.52 Å². The molecule has 102 valence electrons. The molecule has 3 aromatic rings. The minimum atomic E-state index is -3.77. The number of aryl methyl sites for hydroxylation is 1. The summed E-state index contributed by atoms with van der Waals surface area (Å²) in [6.07, 6.45) is 0. The number of hydrogen-bond acceptors (Lipinski definition) is 4. The van der Waals surface area contributed by atoms with E-state index in [2.05, 4.69) is 4.98 Å². The van der Waals surface area contributed by atoms with Crippen LogP contribution in [0.25, 0.3) is 21.3 Å². The Hall–Kier alpha value is -1.76. The zero-order valence-corrected chi connectivity index (χ0v) is 12.3. The van der Waals surface area contributed by atoms with Gasteiger partial charge in [-0.25, -0.2) is 18.5 Å². The molecule has 0 atom stereocenters. The monoisotopic (exact) mass is 304 g/mol. The second-order valence-electron chi connectivity index (χ2n) is 4.50. The van der Waals surface area contributed by atoms with Gasteiger partial charge in [0.1, 0.15) is 0 Å². The second kappa shape index (κ2) is 4.66. The Morgan fingerprint density at radius 3 is 2.45 bits per heavy atom. The number of fused-ring (bicyclic) bond motifs is 1. The largest absolute Gasteiger partial charge is 0.265 e. The first kappa shape index (κ1) is 13.2. The average molecular weight is 304 g/mol. The molecule has 0 amide bonds.